The predicted molar refractivity (Wildman–Crippen MR) is 49.9 cm³/mol. The molecule has 0 aromatic carbocycles. The average Bonchev–Trinajstić information content (AvgIpc) is 2.72. The van der Waals surface area contributed by atoms with Gasteiger partial charge in [0.1, 0.15) is 5.69 Å². The Morgan fingerprint density at radius 1 is 1.57 bits per heavy atom. The van der Waals surface area contributed by atoms with Crippen LogP contribution in [0.25, 0.3) is 0 Å². The number of aromatic amines is 1. The summed E-state index contributed by atoms with van der Waals surface area (Å²) in [4.78, 5) is 11.6. The number of carbonyl (C=O) groups excluding carboxylic acids is 1. The molecule has 5 nitrogen and oxygen atoms in total. The molecule has 2 N–H and O–H groups in total. The molecule has 2 rings (SSSR count). The topological polar surface area (TPSA) is 67.0 Å². The Labute approximate surface area is 81.8 Å². The summed E-state index contributed by atoms with van der Waals surface area (Å²) in [5.74, 6) is -0.0885. The van der Waals surface area contributed by atoms with E-state index in [4.69, 9.17) is 4.74 Å². The van der Waals surface area contributed by atoms with E-state index in [0.717, 1.165) is 26.1 Å². The fraction of sp³-hybridized carbons (Fsp3) is 0.556. The van der Waals surface area contributed by atoms with Gasteiger partial charge in [-0.1, -0.05) is 0 Å². The third-order valence-corrected chi connectivity index (χ3v) is 2.30. The third kappa shape index (κ3) is 2.11. The summed E-state index contributed by atoms with van der Waals surface area (Å²) in [5.41, 5.74) is 0.511. The van der Waals surface area contributed by atoms with E-state index in [2.05, 4.69) is 15.5 Å². The average molecular weight is 195 g/mol. The highest BCUT2D eigenvalue weighted by molar-refractivity contribution is 5.92. The van der Waals surface area contributed by atoms with Gasteiger partial charge in [-0.25, -0.2) is 0 Å². The van der Waals surface area contributed by atoms with Crippen LogP contribution in [-0.4, -0.2) is 35.4 Å². The van der Waals surface area contributed by atoms with Gasteiger partial charge in [-0.3, -0.25) is 9.89 Å². The van der Waals surface area contributed by atoms with Crippen molar-refractivity contribution in [2.75, 3.05) is 13.2 Å². The maximum absolute atomic E-state index is 11.6. The van der Waals surface area contributed by atoms with Crippen molar-refractivity contribution >= 4 is 5.91 Å². The minimum Gasteiger partial charge on any atom is -0.381 e. The smallest absolute Gasteiger partial charge is 0.269 e. The molecule has 1 aromatic rings. The molecule has 0 bridgehead atoms. The number of hydrogen-bond acceptors (Lipinski definition) is 3. The number of amides is 1. The lowest BCUT2D eigenvalue weighted by atomic mass is 10.1. The quantitative estimate of drug-likeness (QED) is 0.714. The highest BCUT2D eigenvalue weighted by atomic mass is 16.5. The molecule has 1 aromatic heterocycles. The predicted octanol–water partition coefficient (Wildman–Crippen LogP) is 0.318. The molecule has 2 heterocycles. The second kappa shape index (κ2) is 4.23. The van der Waals surface area contributed by atoms with Gasteiger partial charge in [0.25, 0.3) is 5.91 Å². The Morgan fingerprint density at radius 2 is 2.36 bits per heavy atom. The molecule has 76 valence electrons. The normalized spacial score (nSPS) is 18.0. The molecule has 5 heteroatoms. The fourth-order valence-corrected chi connectivity index (χ4v) is 1.49. The van der Waals surface area contributed by atoms with E-state index >= 15 is 0 Å². The van der Waals surface area contributed by atoms with Crippen LogP contribution in [0.4, 0.5) is 0 Å². The molecule has 0 saturated carbocycles. The molecule has 1 aliphatic rings. The standard InChI is InChI=1S/C9H13N3O2/c13-9(8-1-4-10-12-8)11-7-2-5-14-6-3-7/h1,4,7H,2-3,5-6H2,(H,10,12)(H,11,13). The Bertz CT molecular complexity index is 291. The lowest BCUT2D eigenvalue weighted by Crippen LogP contribution is -2.39. The number of rotatable bonds is 2. The molecule has 1 fully saturated rings. The Hall–Kier alpha value is -1.36. The molecule has 1 aliphatic heterocycles. The summed E-state index contributed by atoms with van der Waals surface area (Å²) in [6, 6.07) is 1.90. The Kier molecular flexibility index (Phi) is 2.78. The Morgan fingerprint density at radius 3 is 3.00 bits per heavy atom. The molecule has 0 unspecified atom stereocenters. The van der Waals surface area contributed by atoms with Crippen molar-refractivity contribution in [1.82, 2.24) is 15.5 Å². The molecule has 14 heavy (non-hydrogen) atoms. The van der Waals surface area contributed by atoms with Crippen molar-refractivity contribution in [2.45, 2.75) is 18.9 Å². The molecular formula is C9H13N3O2. The second-order valence-electron chi connectivity index (χ2n) is 3.33. The van der Waals surface area contributed by atoms with E-state index in [-0.39, 0.29) is 11.9 Å². The van der Waals surface area contributed by atoms with Gasteiger partial charge in [0.2, 0.25) is 0 Å². The van der Waals surface area contributed by atoms with Crippen LogP contribution in [-0.2, 0) is 4.74 Å². The fourth-order valence-electron chi connectivity index (χ4n) is 1.49. The summed E-state index contributed by atoms with van der Waals surface area (Å²) < 4.78 is 5.20. The first-order chi connectivity index (χ1) is 6.86. The number of nitrogens with zero attached hydrogens (tertiary/aromatic N) is 1. The van der Waals surface area contributed by atoms with Crippen LogP contribution < -0.4 is 5.32 Å². The van der Waals surface area contributed by atoms with Crippen LogP contribution in [0.3, 0.4) is 0 Å². The Balaban J connectivity index is 1.87. The first kappa shape index (κ1) is 9.21. The van der Waals surface area contributed by atoms with Crippen molar-refractivity contribution < 1.29 is 9.53 Å². The summed E-state index contributed by atoms with van der Waals surface area (Å²) in [6.07, 6.45) is 3.35. The third-order valence-electron chi connectivity index (χ3n) is 2.30. The first-order valence-electron chi connectivity index (χ1n) is 4.74. The summed E-state index contributed by atoms with van der Waals surface area (Å²) >= 11 is 0. The van der Waals surface area contributed by atoms with E-state index in [1.165, 1.54) is 0 Å². The highest BCUT2D eigenvalue weighted by Crippen LogP contribution is 2.06. The van der Waals surface area contributed by atoms with Crippen LogP contribution >= 0.6 is 0 Å². The van der Waals surface area contributed by atoms with Gasteiger partial charge in [0.05, 0.1) is 0 Å². The summed E-state index contributed by atoms with van der Waals surface area (Å²) in [7, 11) is 0. The van der Waals surface area contributed by atoms with E-state index < -0.39 is 0 Å². The van der Waals surface area contributed by atoms with E-state index in [1.807, 2.05) is 0 Å². The minimum atomic E-state index is -0.0885. The second-order valence-corrected chi connectivity index (χ2v) is 3.33. The molecule has 1 amide bonds. The van der Waals surface area contributed by atoms with Crippen LogP contribution in [0.15, 0.2) is 12.3 Å². The molecule has 0 radical (unpaired) electrons. The molecule has 0 atom stereocenters. The van der Waals surface area contributed by atoms with Crippen molar-refractivity contribution in [3.05, 3.63) is 18.0 Å². The number of aromatic nitrogens is 2. The number of H-pyrrole nitrogens is 1. The van der Waals surface area contributed by atoms with Gasteiger partial charge in [0, 0.05) is 25.5 Å². The molecule has 0 aliphatic carbocycles. The highest BCUT2D eigenvalue weighted by Gasteiger charge is 2.17. The van der Waals surface area contributed by atoms with Crippen molar-refractivity contribution in [3.8, 4) is 0 Å². The van der Waals surface area contributed by atoms with Gasteiger partial charge >= 0.3 is 0 Å². The first-order valence-corrected chi connectivity index (χ1v) is 4.74. The monoisotopic (exact) mass is 195 g/mol. The summed E-state index contributed by atoms with van der Waals surface area (Å²) in [5, 5.41) is 9.29. The van der Waals surface area contributed by atoms with E-state index in [0.29, 0.717) is 5.69 Å². The summed E-state index contributed by atoms with van der Waals surface area (Å²) in [6.45, 7) is 1.46. The number of ether oxygens (including phenoxy) is 1. The van der Waals surface area contributed by atoms with Gasteiger partial charge in [-0.05, 0) is 18.9 Å². The maximum Gasteiger partial charge on any atom is 0.269 e. The minimum absolute atomic E-state index is 0.0885. The van der Waals surface area contributed by atoms with Crippen LogP contribution in [0.5, 0.6) is 0 Å². The number of hydrogen-bond donors (Lipinski definition) is 2. The van der Waals surface area contributed by atoms with Crippen molar-refractivity contribution in [1.29, 1.82) is 0 Å². The van der Waals surface area contributed by atoms with E-state index in [1.54, 1.807) is 12.3 Å². The lowest BCUT2D eigenvalue weighted by molar-refractivity contribution is 0.0694. The molecule has 1 saturated heterocycles. The van der Waals surface area contributed by atoms with Gasteiger partial charge in [-0.15, -0.1) is 0 Å². The maximum atomic E-state index is 11.6. The lowest BCUT2D eigenvalue weighted by Gasteiger charge is -2.22. The number of nitrogens with one attached hydrogen (secondary N) is 2. The number of carbonyl (C=O) groups is 1. The van der Waals surface area contributed by atoms with Crippen LogP contribution in [0, 0.1) is 0 Å². The largest absolute Gasteiger partial charge is 0.381 e. The van der Waals surface area contributed by atoms with Crippen molar-refractivity contribution in [3.63, 3.8) is 0 Å². The van der Waals surface area contributed by atoms with Crippen LogP contribution in [0.2, 0.25) is 0 Å². The zero-order valence-corrected chi connectivity index (χ0v) is 7.82. The van der Waals surface area contributed by atoms with Gasteiger partial charge in [-0.2, -0.15) is 5.10 Å². The van der Waals surface area contributed by atoms with Gasteiger partial charge in [0.15, 0.2) is 0 Å². The zero-order chi connectivity index (χ0) is 9.80. The zero-order valence-electron chi connectivity index (χ0n) is 7.82. The SMILES string of the molecule is O=C(NC1CCOCC1)c1ccn[nH]1. The van der Waals surface area contributed by atoms with Crippen molar-refractivity contribution in [2.24, 2.45) is 0 Å². The molecular weight excluding hydrogens is 182 g/mol. The van der Waals surface area contributed by atoms with Gasteiger partial charge < -0.3 is 10.1 Å². The van der Waals surface area contributed by atoms with E-state index in [9.17, 15) is 4.79 Å². The molecule has 0 spiro atoms. The van der Waals surface area contributed by atoms with Crippen LogP contribution in [0.1, 0.15) is 23.3 Å².